The van der Waals surface area contributed by atoms with Gasteiger partial charge in [0.05, 0.1) is 11.3 Å². The summed E-state index contributed by atoms with van der Waals surface area (Å²) in [5.74, 6) is -3.54. The molecule has 2 aliphatic heterocycles. The van der Waals surface area contributed by atoms with E-state index in [-0.39, 0.29) is 24.2 Å². The summed E-state index contributed by atoms with van der Waals surface area (Å²) in [5, 5.41) is 11.4. The van der Waals surface area contributed by atoms with Gasteiger partial charge in [-0.05, 0) is 51.7 Å². The smallest absolute Gasteiger partial charge is 0.296 e. The maximum atomic E-state index is 14.4. The monoisotopic (exact) mass is 477 g/mol. The summed E-state index contributed by atoms with van der Waals surface area (Å²) in [6.45, 7) is 6.19. The number of ketones is 1. The Kier molecular flexibility index (Phi) is 6.34. The molecular weight excluding hydrogens is 449 g/mol. The highest BCUT2D eigenvalue weighted by Gasteiger charge is 2.66. The van der Waals surface area contributed by atoms with Crippen LogP contribution >= 0.6 is 0 Å². The number of benzene rings is 2. The quantitative estimate of drug-likeness (QED) is 0.287. The van der Waals surface area contributed by atoms with Crippen LogP contribution in [-0.2, 0) is 19.9 Å². The summed E-state index contributed by atoms with van der Waals surface area (Å²) in [6, 6.07) is 10.9. The number of aliphatic hydroxyl groups excluding tert-OH is 1. The largest absolute Gasteiger partial charge is 0.507 e. The molecule has 2 aromatic carbocycles. The van der Waals surface area contributed by atoms with Crippen molar-refractivity contribution in [3.05, 3.63) is 83.2 Å². The number of halogens is 1. The molecule has 1 N–H and O–H groups in total. The van der Waals surface area contributed by atoms with Crippen molar-refractivity contribution < 1.29 is 23.9 Å². The zero-order valence-corrected chi connectivity index (χ0v) is 20.0. The van der Waals surface area contributed by atoms with Crippen LogP contribution in [0.5, 0.6) is 0 Å². The second kappa shape index (κ2) is 9.11. The van der Waals surface area contributed by atoms with Crippen molar-refractivity contribution in [2.75, 3.05) is 38.6 Å². The van der Waals surface area contributed by atoms with Gasteiger partial charge in [0.2, 0.25) is 0 Å². The lowest BCUT2D eigenvalue weighted by Crippen LogP contribution is -2.52. The summed E-state index contributed by atoms with van der Waals surface area (Å²) in [5.41, 5.74) is -0.875. The van der Waals surface area contributed by atoms with Gasteiger partial charge >= 0.3 is 0 Å². The lowest BCUT2D eigenvalue weighted by atomic mass is 9.81. The molecule has 35 heavy (non-hydrogen) atoms. The van der Waals surface area contributed by atoms with E-state index >= 15 is 0 Å². The van der Waals surface area contributed by atoms with Gasteiger partial charge < -0.3 is 19.8 Å². The number of nitrogens with zero attached hydrogens (tertiary/aromatic N) is 3. The van der Waals surface area contributed by atoms with Crippen LogP contribution in [0.1, 0.15) is 23.1 Å². The molecule has 182 valence electrons. The maximum Gasteiger partial charge on any atom is 0.296 e. The standard InChI is InChI=1S/C27H28FN3O4/c1-5-13-30-21-10-7-6-9-19(21)27(26(30)35)22(23(32)18-12-11-17(2)20(28)16-18)24(33)25(34)31(27)15-8-14-29(3)4/h5-7,9-12,16,32H,1,8,13-15H2,2-4H3/b23-22-. The number of aliphatic hydroxyl groups is 1. The molecular formula is C27H28FN3O4. The number of amides is 2. The van der Waals surface area contributed by atoms with Crippen LogP contribution in [0.3, 0.4) is 0 Å². The number of anilines is 1. The van der Waals surface area contributed by atoms with Crippen LogP contribution in [0.4, 0.5) is 10.1 Å². The molecule has 1 unspecified atom stereocenters. The third kappa shape index (κ3) is 3.65. The zero-order valence-electron chi connectivity index (χ0n) is 20.0. The third-order valence-corrected chi connectivity index (χ3v) is 6.55. The van der Waals surface area contributed by atoms with E-state index in [9.17, 15) is 23.9 Å². The van der Waals surface area contributed by atoms with Gasteiger partial charge in [0.25, 0.3) is 17.6 Å². The number of likely N-dealkylation sites (tertiary alicyclic amines) is 1. The van der Waals surface area contributed by atoms with Gasteiger partial charge in [0.15, 0.2) is 5.54 Å². The van der Waals surface area contributed by atoms with Crippen molar-refractivity contribution >= 4 is 29.0 Å². The molecule has 1 spiro atoms. The summed E-state index contributed by atoms with van der Waals surface area (Å²) >= 11 is 0. The van der Waals surface area contributed by atoms with E-state index in [0.29, 0.717) is 29.8 Å². The predicted molar refractivity (Wildman–Crippen MR) is 131 cm³/mol. The Labute approximate surface area is 203 Å². The first kappa shape index (κ1) is 24.3. The van der Waals surface area contributed by atoms with E-state index < -0.39 is 34.7 Å². The average Bonchev–Trinajstić information content (AvgIpc) is 3.19. The van der Waals surface area contributed by atoms with Gasteiger partial charge in [-0.25, -0.2) is 4.39 Å². The van der Waals surface area contributed by atoms with E-state index in [0.717, 1.165) is 6.07 Å². The highest BCUT2D eigenvalue weighted by molar-refractivity contribution is 6.50. The molecule has 2 amide bonds. The average molecular weight is 478 g/mol. The number of fused-ring (bicyclic) bond motifs is 2. The SMILES string of the molecule is C=CCN1C(=O)C2(/C(=C(\O)c3ccc(C)c(F)c3)C(=O)C(=O)N2CCCN(C)C)c2ccccc21. The molecule has 0 aliphatic carbocycles. The van der Waals surface area contributed by atoms with Crippen molar-refractivity contribution in [1.82, 2.24) is 9.80 Å². The first-order valence-electron chi connectivity index (χ1n) is 11.4. The second-order valence-electron chi connectivity index (χ2n) is 9.06. The number of Topliss-reactive ketones (excluding diaryl/α,β-unsaturated/α-hetero) is 1. The van der Waals surface area contributed by atoms with Gasteiger partial charge in [-0.3, -0.25) is 14.4 Å². The second-order valence-corrected chi connectivity index (χ2v) is 9.06. The number of aryl methyl sites for hydroxylation is 1. The van der Waals surface area contributed by atoms with Crippen LogP contribution in [0.2, 0.25) is 0 Å². The van der Waals surface area contributed by atoms with Gasteiger partial charge in [0, 0.05) is 24.2 Å². The van der Waals surface area contributed by atoms with Crippen LogP contribution in [-0.4, -0.2) is 66.2 Å². The predicted octanol–water partition coefficient (Wildman–Crippen LogP) is 3.19. The van der Waals surface area contributed by atoms with E-state index in [1.165, 1.54) is 21.9 Å². The molecule has 0 radical (unpaired) electrons. The molecule has 1 atom stereocenters. The van der Waals surface area contributed by atoms with E-state index in [4.69, 9.17) is 0 Å². The van der Waals surface area contributed by atoms with Crippen molar-refractivity contribution in [3.63, 3.8) is 0 Å². The topological polar surface area (TPSA) is 81.2 Å². The van der Waals surface area contributed by atoms with Crippen molar-refractivity contribution in [2.24, 2.45) is 0 Å². The molecule has 1 saturated heterocycles. The van der Waals surface area contributed by atoms with Gasteiger partial charge in [-0.1, -0.05) is 36.4 Å². The van der Waals surface area contributed by atoms with Crippen LogP contribution in [0, 0.1) is 12.7 Å². The maximum absolute atomic E-state index is 14.4. The Balaban J connectivity index is 2.01. The lowest BCUT2D eigenvalue weighted by Gasteiger charge is -2.34. The summed E-state index contributed by atoms with van der Waals surface area (Å²) in [4.78, 5) is 45.6. The Bertz CT molecular complexity index is 1270. The number of hydrogen-bond donors (Lipinski definition) is 1. The van der Waals surface area contributed by atoms with E-state index in [1.54, 1.807) is 37.3 Å². The van der Waals surface area contributed by atoms with Crippen LogP contribution < -0.4 is 4.90 Å². The summed E-state index contributed by atoms with van der Waals surface area (Å²) in [6.07, 6.45) is 2.05. The van der Waals surface area contributed by atoms with Crippen molar-refractivity contribution in [3.8, 4) is 0 Å². The summed E-state index contributed by atoms with van der Waals surface area (Å²) < 4.78 is 14.4. The molecule has 7 nitrogen and oxygen atoms in total. The van der Waals surface area contributed by atoms with Gasteiger partial charge in [0.1, 0.15) is 11.6 Å². The fourth-order valence-corrected chi connectivity index (χ4v) is 4.91. The Morgan fingerprint density at radius 3 is 2.54 bits per heavy atom. The minimum Gasteiger partial charge on any atom is -0.507 e. The molecule has 2 aromatic rings. The summed E-state index contributed by atoms with van der Waals surface area (Å²) in [7, 11) is 3.77. The number of carbonyl (C=O) groups is 3. The third-order valence-electron chi connectivity index (χ3n) is 6.55. The van der Waals surface area contributed by atoms with Crippen molar-refractivity contribution in [1.29, 1.82) is 0 Å². The zero-order chi connectivity index (χ0) is 25.5. The normalized spacial score (nSPS) is 20.9. The minimum atomic E-state index is -1.86. The van der Waals surface area contributed by atoms with Crippen LogP contribution in [0.25, 0.3) is 5.76 Å². The molecule has 1 fully saturated rings. The first-order chi connectivity index (χ1) is 16.7. The highest BCUT2D eigenvalue weighted by atomic mass is 19.1. The fraction of sp³-hybridized carbons (Fsp3) is 0.296. The first-order valence-corrected chi connectivity index (χ1v) is 11.4. The van der Waals surface area contributed by atoms with E-state index in [1.807, 2.05) is 19.0 Å². The molecule has 0 saturated carbocycles. The molecule has 2 heterocycles. The fourth-order valence-electron chi connectivity index (χ4n) is 4.91. The Hall–Kier alpha value is -3.78. The number of carbonyl (C=O) groups excluding carboxylic acids is 3. The lowest BCUT2D eigenvalue weighted by molar-refractivity contribution is -0.143. The number of para-hydroxylation sites is 1. The minimum absolute atomic E-state index is 0.0196. The van der Waals surface area contributed by atoms with Crippen LogP contribution in [0.15, 0.2) is 60.7 Å². The molecule has 4 rings (SSSR count). The molecule has 2 aliphatic rings. The van der Waals surface area contributed by atoms with Gasteiger partial charge in [-0.2, -0.15) is 0 Å². The molecule has 0 bridgehead atoms. The molecule has 8 heteroatoms. The Morgan fingerprint density at radius 2 is 1.89 bits per heavy atom. The number of hydrogen-bond acceptors (Lipinski definition) is 5. The highest BCUT2D eigenvalue weighted by Crippen LogP contribution is 2.53. The van der Waals surface area contributed by atoms with E-state index in [2.05, 4.69) is 6.58 Å². The molecule has 0 aromatic heterocycles. The Morgan fingerprint density at radius 1 is 1.17 bits per heavy atom. The van der Waals surface area contributed by atoms with Crippen molar-refractivity contribution in [2.45, 2.75) is 18.9 Å². The number of rotatable bonds is 7. The van der Waals surface area contributed by atoms with Gasteiger partial charge in [-0.15, -0.1) is 6.58 Å².